The number of aryl methyl sites for hydroxylation is 1. The number of hydrogen-bond donors (Lipinski definition) is 3. The van der Waals surface area contributed by atoms with Gasteiger partial charge in [-0.05, 0) is 47.4 Å². The maximum Gasteiger partial charge on any atom is 0.160 e. The maximum atomic E-state index is 9.63. The molecule has 0 aliphatic carbocycles. The molecule has 2 rings (SSSR count). The highest BCUT2D eigenvalue weighted by molar-refractivity contribution is 5.69. The van der Waals surface area contributed by atoms with Crippen LogP contribution in [-0.2, 0) is 6.42 Å². The fourth-order valence-electron chi connectivity index (χ4n) is 1.80. The SMILES string of the molecule is CCc1cc(-c2cccc(O)c2)cc(O)c1O. The molecule has 3 N–H and O–H groups in total. The molecule has 3 nitrogen and oxygen atoms in total. The van der Waals surface area contributed by atoms with Crippen molar-refractivity contribution in [3.63, 3.8) is 0 Å². The highest BCUT2D eigenvalue weighted by atomic mass is 16.3. The summed E-state index contributed by atoms with van der Waals surface area (Å²) in [7, 11) is 0. The first-order valence-corrected chi connectivity index (χ1v) is 5.46. The molecule has 88 valence electrons. The highest BCUT2D eigenvalue weighted by Crippen LogP contribution is 2.35. The van der Waals surface area contributed by atoms with Crippen LogP contribution in [0.4, 0.5) is 0 Å². The van der Waals surface area contributed by atoms with Gasteiger partial charge in [0.25, 0.3) is 0 Å². The number of phenolic OH excluding ortho intramolecular Hbond substituents is 3. The van der Waals surface area contributed by atoms with Crippen molar-refractivity contribution in [2.24, 2.45) is 0 Å². The molecule has 0 fully saturated rings. The van der Waals surface area contributed by atoms with E-state index in [4.69, 9.17) is 0 Å². The smallest absolute Gasteiger partial charge is 0.160 e. The summed E-state index contributed by atoms with van der Waals surface area (Å²) in [4.78, 5) is 0. The van der Waals surface area contributed by atoms with Crippen molar-refractivity contribution in [2.45, 2.75) is 13.3 Å². The molecule has 17 heavy (non-hydrogen) atoms. The van der Waals surface area contributed by atoms with Crippen molar-refractivity contribution in [3.05, 3.63) is 42.0 Å². The van der Waals surface area contributed by atoms with E-state index >= 15 is 0 Å². The molecule has 2 aromatic rings. The Morgan fingerprint density at radius 1 is 0.941 bits per heavy atom. The summed E-state index contributed by atoms with van der Waals surface area (Å²) < 4.78 is 0. The number of benzene rings is 2. The van der Waals surface area contributed by atoms with Gasteiger partial charge in [-0.2, -0.15) is 0 Å². The van der Waals surface area contributed by atoms with Crippen LogP contribution in [0.2, 0.25) is 0 Å². The molecule has 0 aromatic heterocycles. The lowest BCUT2D eigenvalue weighted by Crippen LogP contribution is -1.85. The second-order valence-corrected chi connectivity index (χ2v) is 3.91. The van der Waals surface area contributed by atoms with Gasteiger partial charge in [-0.15, -0.1) is 0 Å². The van der Waals surface area contributed by atoms with E-state index < -0.39 is 0 Å². The van der Waals surface area contributed by atoms with Crippen molar-refractivity contribution in [1.82, 2.24) is 0 Å². The number of hydrogen-bond acceptors (Lipinski definition) is 3. The van der Waals surface area contributed by atoms with E-state index in [1.807, 2.05) is 19.1 Å². The van der Waals surface area contributed by atoms with Gasteiger partial charge in [-0.1, -0.05) is 19.1 Å². The van der Waals surface area contributed by atoms with Gasteiger partial charge in [0.1, 0.15) is 5.75 Å². The zero-order valence-corrected chi connectivity index (χ0v) is 9.51. The Balaban J connectivity index is 2.56. The van der Waals surface area contributed by atoms with E-state index in [2.05, 4.69) is 0 Å². The van der Waals surface area contributed by atoms with Gasteiger partial charge in [0.2, 0.25) is 0 Å². The van der Waals surface area contributed by atoms with Gasteiger partial charge in [-0.25, -0.2) is 0 Å². The molecule has 0 radical (unpaired) electrons. The first-order chi connectivity index (χ1) is 8.11. The largest absolute Gasteiger partial charge is 0.508 e. The zero-order valence-electron chi connectivity index (χ0n) is 9.51. The van der Waals surface area contributed by atoms with Crippen LogP contribution in [0.25, 0.3) is 11.1 Å². The predicted octanol–water partition coefficient (Wildman–Crippen LogP) is 3.03. The number of aromatic hydroxyl groups is 3. The monoisotopic (exact) mass is 230 g/mol. The molecule has 3 heteroatoms. The third-order valence-electron chi connectivity index (χ3n) is 2.73. The Kier molecular flexibility index (Phi) is 2.91. The first kappa shape index (κ1) is 11.3. The van der Waals surface area contributed by atoms with Crippen molar-refractivity contribution in [1.29, 1.82) is 0 Å². The Morgan fingerprint density at radius 2 is 1.71 bits per heavy atom. The minimum absolute atomic E-state index is 0.0728. The molecule has 0 aliphatic heterocycles. The zero-order chi connectivity index (χ0) is 12.4. The van der Waals surface area contributed by atoms with Gasteiger partial charge in [-0.3, -0.25) is 0 Å². The average Bonchev–Trinajstić information content (AvgIpc) is 2.32. The standard InChI is InChI=1S/C14H14O3/c1-2-9-6-11(8-13(16)14(9)17)10-4-3-5-12(15)7-10/h3-8,15-17H,2H2,1H3. The molecule has 0 unspecified atom stereocenters. The van der Waals surface area contributed by atoms with Gasteiger partial charge >= 0.3 is 0 Å². The number of rotatable bonds is 2. The molecular weight excluding hydrogens is 216 g/mol. The summed E-state index contributed by atoms with van der Waals surface area (Å²) >= 11 is 0. The topological polar surface area (TPSA) is 60.7 Å². The molecule has 0 amide bonds. The van der Waals surface area contributed by atoms with Gasteiger partial charge in [0.05, 0.1) is 0 Å². The summed E-state index contributed by atoms with van der Waals surface area (Å²) in [5, 5.41) is 28.7. The van der Waals surface area contributed by atoms with E-state index in [-0.39, 0.29) is 17.2 Å². The third kappa shape index (κ3) is 2.18. The fraction of sp³-hybridized carbons (Fsp3) is 0.143. The van der Waals surface area contributed by atoms with Crippen LogP contribution < -0.4 is 0 Å². The van der Waals surface area contributed by atoms with E-state index in [1.54, 1.807) is 18.2 Å². The van der Waals surface area contributed by atoms with E-state index in [0.717, 1.165) is 11.1 Å². The lowest BCUT2D eigenvalue weighted by Gasteiger charge is -2.09. The Hall–Kier alpha value is -2.16. The highest BCUT2D eigenvalue weighted by Gasteiger charge is 2.09. The maximum absolute atomic E-state index is 9.63. The van der Waals surface area contributed by atoms with Crippen LogP contribution in [0.1, 0.15) is 12.5 Å². The summed E-state index contributed by atoms with van der Waals surface area (Å²) in [6.07, 6.45) is 0.631. The molecule has 0 spiro atoms. The van der Waals surface area contributed by atoms with Crippen LogP contribution in [0.3, 0.4) is 0 Å². The minimum atomic E-state index is -0.136. The van der Waals surface area contributed by atoms with E-state index in [0.29, 0.717) is 12.0 Å². The molecule has 0 atom stereocenters. The van der Waals surface area contributed by atoms with E-state index in [9.17, 15) is 15.3 Å². The first-order valence-electron chi connectivity index (χ1n) is 5.46. The normalized spacial score (nSPS) is 10.4. The fourth-order valence-corrected chi connectivity index (χ4v) is 1.80. The molecule has 2 aromatic carbocycles. The van der Waals surface area contributed by atoms with Crippen LogP contribution in [0.5, 0.6) is 17.2 Å². The summed E-state index contributed by atoms with van der Waals surface area (Å²) in [5.41, 5.74) is 2.26. The summed E-state index contributed by atoms with van der Waals surface area (Å²) in [6.45, 7) is 1.90. The Bertz CT molecular complexity index is 547. The lowest BCUT2D eigenvalue weighted by atomic mass is 10.0. The van der Waals surface area contributed by atoms with Crippen molar-refractivity contribution in [2.75, 3.05) is 0 Å². The molecule has 0 aliphatic rings. The number of phenols is 3. The molecule has 0 bridgehead atoms. The van der Waals surface area contributed by atoms with Crippen molar-refractivity contribution in [3.8, 4) is 28.4 Å². The second-order valence-electron chi connectivity index (χ2n) is 3.91. The predicted molar refractivity (Wildman–Crippen MR) is 66.3 cm³/mol. The van der Waals surface area contributed by atoms with Crippen molar-refractivity contribution >= 4 is 0 Å². The van der Waals surface area contributed by atoms with Crippen LogP contribution >= 0.6 is 0 Å². The molecule has 0 saturated heterocycles. The second kappa shape index (κ2) is 4.37. The summed E-state index contributed by atoms with van der Waals surface area (Å²) in [6, 6.07) is 10.1. The molecule has 0 heterocycles. The molecule has 0 saturated carbocycles. The van der Waals surface area contributed by atoms with Gasteiger partial charge < -0.3 is 15.3 Å². The lowest BCUT2D eigenvalue weighted by molar-refractivity contribution is 0.400. The van der Waals surface area contributed by atoms with Gasteiger partial charge in [0, 0.05) is 0 Å². The van der Waals surface area contributed by atoms with E-state index in [1.165, 1.54) is 6.07 Å². The Labute approximate surface area is 99.6 Å². The molecular formula is C14H14O3. The van der Waals surface area contributed by atoms with Crippen molar-refractivity contribution < 1.29 is 15.3 Å². The van der Waals surface area contributed by atoms with Crippen LogP contribution in [0.15, 0.2) is 36.4 Å². The average molecular weight is 230 g/mol. The van der Waals surface area contributed by atoms with Crippen LogP contribution in [-0.4, -0.2) is 15.3 Å². The summed E-state index contributed by atoms with van der Waals surface area (Å²) in [5.74, 6) is -0.0350. The third-order valence-corrected chi connectivity index (χ3v) is 2.73. The quantitative estimate of drug-likeness (QED) is 0.695. The Morgan fingerprint density at radius 3 is 2.35 bits per heavy atom. The van der Waals surface area contributed by atoms with Gasteiger partial charge in [0.15, 0.2) is 11.5 Å². The minimum Gasteiger partial charge on any atom is -0.508 e. The van der Waals surface area contributed by atoms with Crippen LogP contribution in [0, 0.1) is 0 Å².